The lowest BCUT2D eigenvalue weighted by Crippen LogP contribution is -2.38. The molecule has 0 atom stereocenters. The van der Waals surface area contributed by atoms with Crippen LogP contribution in [-0.2, 0) is 6.54 Å². The first-order valence-corrected chi connectivity index (χ1v) is 8.47. The number of carbonyl (C=O) groups excluding carboxylic acids is 1. The van der Waals surface area contributed by atoms with Crippen LogP contribution in [0.4, 0.5) is 18.9 Å². The summed E-state index contributed by atoms with van der Waals surface area (Å²) in [4.78, 5) is 23.5. The van der Waals surface area contributed by atoms with Crippen molar-refractivity contribution in [2.45, 2.75) is 12.7 Å². The Kier molecular flexibility index (Phi) is 6.37. The van der Waals surface area contributed by atoms with Gasteiger partial charge in [0.15, 0.2) is 0 Å². The third kappa shape index (κ3) is 5.65. The van der Waals surface area contributed by atoms with Crippen LogP contribution in [0.15, 0.2) is 42.5 Å². The molecule has 0 aliphatic rings. The van der Waals surface area contributed by atoms with Crippen LogP contribution in [0.3, 0.4) is 0 Å². The Balaban J connectivity index is 2.38. The summed E-state index contributed by atoms with van der Waals surface area (Å²) < 4.78 is 39.2. The minimum Gasteiger partial charge on any atom is -0.325 e. The molecule has 0 bridgehead atoms. The molecule has 10 heteroatoms. The number of nitriles is 1. The Bertz CT molecular complexity index is 908. The van der Waals surface area contributed by atoms with Crippen LogP contribution >= 0.6 is 22.6 Å². The van der Waals surface area contributed by atoms with Gasteiger partial charge in [-0.3, -0.25) is 14.9 Å². The second kappa shape index (κ2) is 8.34. The predicted molar refractivity (Wildman–Crippen MR) is 97.8 cm³/mol. The molecule has 2 aromatic carbocycles. The molecule has 0 unspecified atom stereocenters. The highest BCUT2D eigenvalue weighted by atomic mass is 127. The normalized spacial score (nSPS) is 10.9. The van der Waals surface area contributed by atoms with Crippen molar-refractivity contribution in [2.75, 3.05) is 6.54 Å². The third-order valence-electron chi connectivity index (χ3n) is 3.50. The maximum Gasteiger partial charge on any atom is 0.406 e. The van der Waals surface area contributed by atoms with E-state index >= 15 is 0 Å². The van der Waals surface area contributed by atoms with E-state index in [2.05, 4.69) is 0 Å². The van der Waals surface area contributed by atoms with Gasteiger partial charge in [-0.1, -0.05) is 12.1 Å². The number of alkyl halides is 3. The number of carbonyl (C=O) groups is 1. The van der Waals surface area contributed by atoms with E-state index < -0.39 is 23.6 Å². The van der Waals surface area contributed by atoms with Crippen molar-refractivity contribution < 1.29 is 22.9 Å². The van der Waals surface area contributed by atoms with Crippen LogP contribution in [0, 0.1) is 25.0 Å². The molecular weight excluding hydrogens is 478 g/mol. The predicted octanol–water partition coefficient (Wildman–Crippen LogP) is 4.28. The maximum absolute atomic E-state index is 13.0. The zero-order chi connectivity index (χ0) is 20.2. The van der Waals surface area contributed by atoms with E-state index in [-0.39, 0.29) is 17.8 Å². The minimum atomic E-state index is -4.64. The summed E-state index contributed by atoms with van der Waals surface area (Å²) in [5, 5.41) is 19.7. The Labute approximate surface area is 165 Å². The van der Waals surface area contributed by atoms with Crippen LogP contribution in [0.25, 0.3) is 0 Å². The van der Waals surface area contributed by atoms with E-state index in [1.54, 1.807) is 22.6 Å². The van der Waals surface area contributed by atoms with Crippen molar-refractivity contribution in [1.29, 1.82) is 5.26 Å². The molecule has 0 aromatic heterocycles. The van der Waals surface area contributed by atoms with Gasteiger partial charge < -0.3 is 4.90 Å². The van der Waals surface area contributed by atoms with Crippen molar-refractivity contribution >= 4 is 34.2 Å². The topological polar surface area (TPSA) is 87.2 Å². The van der Waals surface area contributed by atoms with E-state index in [0.29, 0.717) is 19.6 Å². The van der Waals surface area contributed by atoms with Gasteiger partial charge in [-0.15, -0.1) is 0 Å². The molecule has 27 heavy (non-hydrogen) atoms. The van der Waals surface area contributed by atoms with Crippen LogP contribution in [-0.4, -0.2) is 28.5 Å². The van der Waals surface area contributed by atoms with Gasteiger partial charge in [-0.05, 0) is 46.4 Å². The van der Waals surface area contributed by atoms with E-state index in [0.717, 1.165) is 6.07 Å². The molecule has 140 valence electrons. The minimum absolute atomic E-state index is 0.178. The van der Waals surface area contributed by atoms with Gasteiger partial charge in [0.25, 0.3) is 11.6 Å². The van der Waals surface area contributed by atoms with Crippen molar-refractivity contribution in [2.24, 2.45) is 0 Å². The lowest BCUT2D eigenvalue weighted by Gasteiger charge is -2.24. The largest absolute Gasteiger partial charge is 0.406 e. The van der Waals surface area contributed by atoms with E-state index in [9.17, 15) is 28.1 Å². The van der Waals surface area contributed by atoms with E-state index in [1.165, 1.54) is 36.4 Å². The van der Waals surface area contributed by atoms with Crippen molar-refractivity contribution in [3.63, 3.8) is 0 Å². The molecule has 0 fully saturated rings. The Morgan fingerprint density at radius 3 is 2.37 bits per heavy atom. The summed E-state index contributed by atoms with van der Waals surface area (Å²) in [5.74, 6) is -0.968. The fraction of sp³-hybridized carbons (Fsp3) is 0.176. The van der Waals surface area contributed by atoms with Crippen LogP contribution < -0.4 is 0 Å². The summed E-state index contributed by atoms with van der Waals surface area (Å²) in [6.45, 7) is -1.87. The number of rotatable bonds is 5. The monoisotopic (exact) mass is 489 g/mol. The molecule has 2 rings (SSSR count). The average molecular weight is 489 g/mol. The van der Waals surface area contributed by atoms with E-state index in [4.69, 9.17) is 5.26 Å². The van der Waals surface area contributed by atoms with Gasteiger partial charge in [0.05, 0.1) is 22.1 Å². The van der Waals surface area contributed by atoms with Gasteiger partial charge in [-0.25, -0.2) is 0 Å². The number of nitro groups is 1. The molecule has 0 spiro atoms. The molecular formula is C17H11F3IN3O3. The standard InChI is InChI=1S/C17H11F3IN3O3/c18-17(19,20)10-23(9-12-3-1-11(8-22)2-4-12)16(25)14-7-13(24(26)27)5-6-15(14)21/h1-7H,9-10H2. The number of benzene rings is 2. The highest BCUT2D eigenvalue weighted by molar-refractivity contribution is 14.1. The Hall–Kier alpha value is -2.68. The lowest BCUT2D eigenvalue weighted by molar-refractivity contribution is -0.384. The smallest absolute Gasteiger partial charge is 0.325 e. The van der Waals surface area contributed by atoms with Gasteiger partial charge in [0.1, 0.15) is 6.54 Å². The van der Waals surface area contributed by atoms with Gasteiger partial charge in [0.2, 0.25) is 0 Å². The number of non-ortho nitro benzene ring substituents is 1. The zero-order valence-electron chi connectivity index (χ0n) is 13.5. The first kappa shape index (κ1) is 20.6. The van der Waals surface area contributed by atoms with Crippen LogP contribution in [0.5, 0.6) is 0 Å². The molecule has 6 nitrogen and oxygen atoms in total. The summed E-state index contributed by atoms with van der Waals surface area (Å²) in [6, 6.07) is 11.1. The van der Waals surface area contributed by atoms with Gasteiger partial charge in [0, 0.05) is 22.2 Å². The van der Waals surface area contributed by atoms with E-state index in [1.807, 2.05) is 6.07 Å². The first-order chi connectivity index (χ1) is 12.6. The number of amides is 1. The number of nitrogens with zero attached hydrogens (tertiary/aromatic N) is 3. The molecule has 0 saturated heterocycles. The second-order valence-electron chi connectivity index (χ2n) is 5.51. The summed E-state index contributed by atoms with van der Waals surface area (Å²) in [5.41, 5.74) is 0.166. The van der Waals surface area contributed by atoms with Gasteiger partial charge >= 0.3 is 6.18 Å². The Morgan fingerprint density at radius 1 is 1.22 bits per heavy atom. The highest BCUT2D eigenvalue weighted by Gasteiger charge is 2.34. The summed E-state index contributed by atoms with van der Waals surface area (Å²) in [7, 11) is 0. The molecule has 0 aliphatic carbocycles. The maximum atomic E-state index is 13.0. The van der Waals surface area contributed by atoms with Crippen molar-refractivity contribution in [1.82, 2.24) is 4.90 Å². The second-order valence-corrected chi connectivity index (χ2v) is 6.67. The first-order valence-electron chi connectivity index (χ1n) is 7.39. The molecule has 0 aliphatic heterocycles. The number of hydrogen-bond donors (Lipinski definition) is 0. The Morgan fingerprint density at radius 2 is 1.85 bits per heavy atom. The summed E-state index contributed by atoms with van der Waals surface area (Å²) in [6.07, 6.45) is -4.64. The van der Waals surface area contributed by atoms with Gasteiger partial charge in [-0.2, -0.15) is 18.4 Å². The number of hydrogen-bond acceptors (Lipinski definition) is 4. The average Bonchev–Trinajstić information content (AvgIpc) is 2.60. The molecule has 0 saturated carbocycles. The third-order valence-corrected chi connectivity index (χ3v) is 4.45. The highest BCUT2D eigenvalue weighted by Crippen LogP contribution is 2.25. The molecule has 0 N–H and O–H groups in total. The SMILES string of the molecule is N#Cc1ccc(CN(CC(F)(F)F)C(=O)c2cc([N+](=O)[O-])ccc2I)cc1. The zero-order valence-corrected chi connectivity index (χ0v) is 15.7. The van der Waals surface area contributed by atoms with Crippen LogP contribution in [0.1, 0.15) is 21.5 Å². The molecule has 2 aromatic rings. The number of halogens is 4. The van der Waals surface area contributed by atoms with Crippen molar-refractivity contribution in [3.8, 4) is 6.07 Å². The lowest BCUT2D eigenvalue weighted by atomic mass is 10.1. The fourth-order valence-electron chi connectivity index (χ4n) is 2.28. The quantitative estimate of drug-likeness (QED) is 0.357. The fourth-order valence-corrected chi connectivity index (χ4v) is 2.85. The molecule has 0 heterocycles. The molecule has 1 amide bonds. The number of nitro benzene ring substituents is 1. The van der Waals surface area contributed by atoms with Crippen molar-refractivity contribution in [3.05, 3.63) is 72.8 Å². The summed E-state index contributed by atoms with van der Waals surface area (Å²) >= 11 is 1.74. The molecule has 0 radical (unpaired) electrons. The van der Waals surface area contributed by atoms with Crippen LogP contribution in [0.2, 0.25) is 0 Å².